The zero-order chi connectivity index (χ0) is 19.6. The minimum Gasteiger partial charge on any atom is -0.371 e. The lowest BCUT2D eigenvalue weighted by molar-refractivity contribution is -0.0374. The number of Topliss-reactive ketones (excluding diaryl/α,β-unsaturated/α-hetero) is 1. The van der Waals surface area contributed by atoms with Gasteiger partial charge in [0, 0.05) is 37.3 Å². The van der Waals surface area contributed by atoms with E-state index in [2.05, 4.69) is 4.90 Å². The zero-order valence-corrected chi connectivity index (χ0v) is 15.5. The van der Waals surface area contributed by atoms with Crippen LogP contribution in [0.1, 0.15) is 52.0 Å². The zero-order valence-electron chi connectivity index (χ0n) is 15.5. The Labute approximate surface area is 158 Å². The monoisotopic (exact) mass is 370 g/mol. The van der Waals surface area contributed by atoms with Crippen LogP contribution in [0, 0.1) is 5.82 Å². The van der Waals surface area contributed by atoms with Gasteiger partial charge >= 0.3 is 0 Å². The third-order valence-electron chi connectivity index (χ3n) is 5.03. The number of hydrogen-bond donors (Lipinski definition) is 1. The molecule has 1 N–H and O–H groups in total. The van der Waals surface area contributed by atoms with E-state index in [9.17, 15) is 19.2 Å². The van der Waals surface area contributed by atoms with Gasteiger partial charge in [-0.2, -0.15) is 0 Å². The first-order chi connectivity index (χ1) is 12.9. The number of anilines is 1. The number of hydrogen-bond acceptors (Lipinski definition) is 4. The van der Waals surface area contributed by atoms with Gasteiger partial charge in [-0.05, 0) is 48.7 Å². The summed E-state index contributed by atoms with van der Waals surface area (Å²) in [4.78, 5) is 26.6. The molecule has 1 amide bonds. The first-order valence-electron chi connectivity index (χ1n) is 9.04. The molecular weight excluding hydrogens is 347 g/mol. The summed E-state index contributed by atoms with van der Waals surface area (Å²) in [7, 11) is 1.25. The average Bonchev–Trinajstić information content (AvgIpc) is 3.21. The summed E-state index contributed by atoms with van der Waals surface area (Å²) in [6.45, 7) is 3.54. The molecule has 0 spiro atoms. The minimum absolute atomic E-state index is 0.0701. The van der Waals surface area contributed by atoms with Crippen LogP contribution in [0.5, 0.6) is 0 Å². The predicted molar refractivity (Wildman–Crippen MR) is 101 cm³/mol. The van der Waals surface area contributed by atoms with Gasteiger partial charge < -0.3 is 4.90 Å². The largest absolute Gasteiger partial charge is 0.371 e. The number of hydroxylamine groups is 2. The summed E-state index contributed by atoms with van der Waals surface area (Å²) in [5, 5.41) is 9.71. The highest BCUT2D eigenvalue weighted by Crippen LogP contribution is 2.27. The lowest BCUT2D eigenvalue weighted by Crippen LogP contribution is -2.22. The highest BCUT2D eigenvalue weighted by atomic mass is 19.1. The van der Waals surface area contributed by atoms with Gasteiger partial charge in [0.2, 0.25) is 0 Å². The Morgan fingerprint density at radius 3 is 2.30 bits per heavy atom. The molecule has 142 valence electrons. The summed E-state index contributed by atoms with van der Waals surface area (Å²) in [6.07, 6.45) is 2.20. The van der Waals surface area contributed by atoms with Crippen LogP contribution in [0.2, 0.25) is 0 Å². The number of ketones is 1. The third-order valence-corrected chi connectivity index (χ3v) is 5.03. The van der Waals surface area contributed by atoms with Gasteiger partial charge in [-0.25, -0.2) is 9.45 Å². The van der Waals surface area contributed by atoms with Crippen LogP contribution in [0.4, 0.5) is 10.1 Å². The Bertz CT molecular complexity index is 843. The maximum atomic E-state index is 14.6. The summed E-state index contributed by atoms with van der Waals surface area (Å²) < 4.78 is 14.6. The molecule has 27 heavy (non-hydrogen) atoms. The van der Waals surface area contributed by atoms with Crippen LogP contribution in [0.25, 0.3) is 0 Å². The van der Waals surface area contributed by atoms with Gasteiger partial charge in [-0.15, -0.1) is 0 Å². The highest BCUT2D eigenvalue weighted by molar-refractivity contribution is 6.01. The van der Waals surface area contributed by atoms with Crippen LogP contribution in [-0.4, -0.2) is 42.1 Å². The first kappa shape index (κ1) is 19.0. The van der Waals surface area contributed by atoms with Crippen LogP contribution in [0.3, 0.4) is 0 Å². The van der Waals surface area contributed by atoms with Crippen molar-refractivity contribution in [2.45, 2.75) is 25.7 Å². The van der Waals surface area contributed by atoms with Crippen molar-refractivity contribution in [1.29, 1.82) is 0 Å². The second kappa shape index (κ2) is 7.88. The Morgan fingerprint density at radius 1 is 1.11 bits per heavy atom. The Morgan fingerprint density at radius 2 is 1.74 bits per heavy atom. The van der Waals surface area contributed by atoms with Crippen LogP contribution >= 0.6 is 0 Å². The standard InChI is InChI=1S/C21H23FN2O3/c1-14(15-5-7-16(8-6-15)21(26)23(2)27)20(25)18-10-9-17(13-19(18)22)24-11-3-4-12-24/h5-10,13-14,27H,3-4,11-12H2,1-2H3. The molecule has 3 rings (SSSR count). The number of carbonyl (C=O) groups excluding carboxylic acids is 2. The van der Waals surface area contributed by atoms with Crippen molar-refractivity contribution >= 4 is 17.4 Å². The molecule has 0 aromatic heterocycles. The van der Waals surface area contributed by atoms with Gasteiger partial charge in [-0.3, -0.25) is 14.8 Å². The molecule has 0 radical (unpaired) electrons. The molecule has 0 saturated carbocycles. The Balaban J connectivity index is 1.77. The lowest BCUT2D eigenvalue weighted by Gasteiger charge is -2.19. The van der Waals surface area contributed by atoms with Gasteiger partial charge in [0.25, 0.3) is 5.91 Å². The van der Waals surface area contributed by atoms with E-state index in [4.69, 9.17) is 0 Å². The van der Waals surface area contributed by atoms with Gasteiger partial charge in [0.1, 0.15) is 5.82 Å². The van der Waals surface area contributed by atoms with E-state index in [1.54, 1.807) is 43.3 Å². The van der Waals surface area contributed by atoms with E-state index < -0.39 is 17.6 Å². The smallest absolute Gasteiger partial charge is 0.276 e. The molecule has 2 aromatic carbocycles. The van der Waals surface area contributed by atoms with Crippen molar-refractivity contribution in [3.63, 3.8) is 0 Å². The van der Waals surface area contributed by atoms with Crippen molar-refractivity contribution in [3.8, 4) is 0 Å². The van der Waals surface area contributed by atoms with Crippen LogP contribution in [-0.2, 0) is 0 Å². The second-order valence-corrected chi connectivity index (χ2v) is 6.90. The van der Waals surface area contributed by atoms with Gasteiger partial charge in [0.15, 0.2) is 5.78 Å². The highest BCUT2D eigenvalue weighted by Gasteiger charge is 2.22. The normalized spacial score (nSPS) is 14.9. The van der Waals surface area contributed by atoms with E-state index in [0.29, 0.717) is 16.2 Å². The molecule has 1 atom stereocenters. The molecule has 6 heteroatoms. The quantitative estimate of drug-likeness (QED) is 0.493. The third kappa shape index (κ3) is 4.01. The van der Waals surface area contributed by atoms with E-state index in [-0.39, 0.29) is 11.3 Å². The van der Waals surface area contributed by atoms with Crippen LogP contribution in [0.15, 0.2) is 42.5 Å². The predicted octanol–water partition coefficient (Wildman–Crippen LogP) is 3.87. The SMILES string of the molecule is CC(C(=O)c1ccc(N2CCCC2)cc1F)c1ccc(C(=O)N(C)O)cc1. The molecule has 1 aliphatic rings. The molecule has 1 fully saturated rings. The number of carbonyl (C=O) groups is 2. The topological polar surface area (TPSA) is 60.9 Å². The molecule has 0 aliphatic carbocycles. The Hall–Kier alpha value is -2.73. The second-order valence-electron chi connectivity index (χ2n) is 6.90. The fraction of sp³-hybridized carbons (Fsp3) is 0.333. The number of benzene rings is 2. The van der Waals surface area contributed by atoms with E-state index in [1.807, 2.05) is 0 Å². The van der Waals surface area contributed by atoms with Crippen molar-refractivity contribution < 1.29 is 19.2 Å². The lowest BCUT2D eigenvalue weighted by atomic mass is 9.91. The van der Waals surface area contributed by atoms with Crippen molar-refractivity contribution in [2.75, 3.05) is 25.0 Å². The van der Waals surface area contributed by atoms with Crippen molar-refractivity contribution in [3.05, 3.63) is 65.0 Å². The van der Waals surface area contributed by atoms with Gasteiger partial charge in [-0.1, -0.05) is 19.1 Å². The average molecular weight is 370 g/mol. The Kier molecular flexibility index (Phi) is 5.56. The van der Waals surface area contributed by atoms with Crippen LogP contribution < -0.4 is 4.90 Å². The molecule has 2 aromatic rings. The molecule has 5 nitrogen and oxygen atoms in total. The minimum atomic E-state index is -0.548. The fourth-order valence-electron chi connectivity index (χ4n) is 3.36. The first-order valence-corrected chi connectivity index (χ1v) is 9.04. The number of halogens is 1. The van der Waals surface area contributed by atoms with E-state index >= 15 is 0 Å². The summed E-state index contributed by atoms with van der Waals surface area (Å²) in [5.74, 6) is -1.90. The number of rotatable bonds is 5. The molecule has 0 bridgehead atoms. The molecular formula is C21H23FN2O3. The van der Waals surface area contributed by atoms with Crippen molar-refractivity contribution in [1.82, 2.24) is 5.06 Å². The molecule has 1 unspecified atom stereocenters. The van der Waals surface area contributed by atoms with E-state index in [0.717, 1.165) is 31.6 Å². The van der Waals surface area contributed by atoms with E-state index in [1.165, 1.54) is 13.1 Å². The molecule has 1 aliphatic heterocycles. The fourth-order valence-corrected chi connectivity index (χ4v) is 3.36. The summed E-state index contributed by atoms with van der Waals surface area (Å²) in [5.41, 5.74) is 1.87. The summed E-state index contributed by atoms with van der Waals surface area (Å²) in [6, 6.07) is 11.2. The van der Waals surface area contributed by atoms with Crippen molar-refractivity contribution in [2.24, 2.45) is 0 Å². The molecule has 1 heterocycles. The summed E-state index contributed by atoms with van der Waals surface area (Å²) >= 11 is 0. The number of amides is 1. The van der Waals surface area contributed by atoms with Gasteiger partial charge in [0.05, 0.1) is 5.56 Å². The maximum Gasteiger partial charge on any atom is 0.276 e. The number of nitrogens with zero attached hydrogens (tertiary/aromatic N) is 2. The maximum absolute atomic E-state index is 14.6. The molecule has 1 saturated heterocycles.